The molecule has 0 saturated carbocycles. The molecule has 2 saturated heterocycles. The summed E-state index contributed by atoms with van der Waals surface area (Å²) in [5.74, 6) is 1.10. The van der Waals surface area contributed by atoms with Crippen LogP contribution in [-0.2, 0) is 0 Å². The van der Waals surface area contributed by atoms with E-state index in [1.54, 1.807) is 7.05 Å². The molecule has 7 heteroatoms. The van der Waals surface area contributed by atoms with Crippen LogP contribution in [0, 0.1) is 10.1 Å². The Morgan fingerprint density at radius 2 is 2.15 bits per heavy atom. The first-order valence-corrected chi connectivity index (χ1v) is 7.02. The van der Waals surface area contributed by atoms with Crippen molar-refractivity contribution in [2.24, 2.45) is 0 Å². The molecule has 0 amide bonds. The Balaban J connectivity index is 1.79. The molecule has 0 aliphatic carbocycles. The van der Waals surface area contributed by atoms with Crippen LogP contribution in [0.25, 0.3) is 0 Å². The fraction of sp³-hybridized carbons (Fsp3) is 0.615. The van der Waals surface area contributed by atoms with E-state index in [9.17, 15) is 10.1 Å². The molecule has 0 radical (unpaired) electrons. The topological polar surface area (TPSA) is 83.3 Å². The molecule has 1 aromatic heterocycles. The highest BCUT2D eigenvalue weighted by atomic mass is 16.6. The Kier molecular flexibility index (Phi) is 3.43. The second kappa shape index (κ2) is 5.24. The van der Waals surface area contributed by atoms with E-state index in [4.69, 9.17) is 0 Å². The predicted octanol–water partition coefficient (Wildman–Crippen LogP) is 1.68. The first-order valence-electron chi connectivity index (χ1n) is 7.02. The van der Waals surface area contributed by atoms with Gasteiger partial charge in [-0.05, 0) is 25.8 Å². The monoisotopic (exact) mass is 277 g/mol. The van der Waals surface area contributed by atoms with E-state index >= 15 is 0 Å². The number of nitrogens with one attached hydrogen (secondary N) is 2. The minimum absolute atomic E-state index is 0.0631. The summed E-state index contributed by atoms with van der Waals surface area (Å²) in [7, 11) is 1.71. The molecule has 1 aromatic rings. The first-order chi connectivity index (χ1) is 9.67. The van der Waals surface area contributed by atoms with Gasteiger partial charge in [0, 0.05) is 25.7 Å². The number of nitro groups is 1. The van der Waals surface area contributed by atoms with Crippen molar-refractivity contribution in [3.05, 3.63) is 22.2 Å². The maximum absolute atomic E-state index is 11.0. The summed E-state index contributed by atoms with van der Waals surface area (Å²) in [5.41, 5.74) is 0.0631. The zero-order valence-corrected chi connectivity index (χ0v) is 11.5. The van der Waals surface area contributed by atoms with E-state index in [0.29, 0.717) is 23.7 Å². The highest BCUT2D eigenvalue weighted by Gasteiger charge is 2.37. The molecule has 2 N–H and O–H groups in total. The van der Waals surface area contributed by atoms with E-state index in [-0.39, 0.29) is 10.6 Å². The third-order valence-corrected chi connectivity index (χ3v) is 4.22. The summed E-state index contributed by atoms with van der Waals surface area (Å²) >= 11 is 0. The summed E-state index contributed by atoms with van der Waals surface area (Å²) < 4.78 is 0. The lowest BCUT2D eigenvalue weighted by atomic mass is 10.1. The van der Waals surface area contributed by atoms with E-state index in [2.05, 4.69) is 20.5 Å². The molecule has 0 aromatic carbocycles. The van der Waals surface area contributed by atoms with Gasteiger partial charge in [-0.1, -0.05) is 0 Å². The number of fused-ring (bicyclic) bond motifs is 1. The lowest BCUT2D eigenvalue weighted by molar-refractivity contribution is -0.384. The number of nitrogens with zero attached hydrogens (tertiary/aromatic N) is 3. The van der Waals surface area contributed by atoms with E-state index in [1.165, 1.54) is 31.5 Å². The lowest BCUT2D eigenvalue weighted by Crippen LogP contribution is -2.34. The van der Waals surface area contributed by atoms with Crippen LogP contribution in [0.4, 0.5) is 17.3 Å². The molecule has 20 heavy (non-hydrogen) atoms. The Hall–Kier alpha value is -1.89. The van der Waals surface area contributed by atoms with Gasteiger partial charge >= 0.3 is 0 Å². The molecule has 2 aliphatic rings. The summed E-state index contributed by atoms with van der Waals surface area (Å²) in [5, 5.41) is 17.2. The fourth-order valence-corrected chi connectivity index (χ4v) is 3.26. The van der Waals surface area contributed by atoms with Gasteiger partial charge in [0.15, 0.2) is 0 Å². The van der Waals surface area contributed by atoms with Gasteiger partial charge in [0.1, 0.15) is 11.6 Å². The number of hydrogen-bond acceptors (Lipinski definition) is 6. The van der Waals surface area contributed by atoms with Gasteiger partial charge in [-0.3, -0.25) is 15.0 Å². The number of pyridine rings is 1. The summed E-state index contributed by atoms with van der Waals surface area (Å²) in [6.45, 7) is 2.28. The van der Waals surface area contributed by atoms with Crippen molar-refractivity contribution < 1.29 is 4.92 Å². The quantitative estimate of drug-likeness (QED) is 0.643. The lowest BCUT2D eigenvalue weighted by Gasteiger charge is -2.21. The smallest absolute Gasteiger partial charge is 0.276 e. The molecular formula is C13H19N5O2. The molecule has 0 spiro atoms. The van der Waals surface area contributed by atoms with Crippen LogP contribution in [0.15, 0.2) is 12.1 Å². The van der Waals surface area contributed by atoms with Crippen molar-refractivity contribution in [1.29, 1.82) is 0 Å². The molecular weight excluding hydrogens is 258 g/mol. The Morgan fingerprint density at radius 3 is 2.90 bits per heavy atom. The molecule has 108 valence electrons. The summed E-state index contributed by atoms with van der Waals surface area (Å²) in [6, 6.07) is 3.85. The van der Waals surface area contributed by atoms with E-state index in [1.807, 2.05) is 0 Å². The van der Waals surface area contributed by atoms with Crippen LogP contribution in [0.5, 0.6) is 0 Å². The van der Waals surface area contributed by atoms with Gasteiger partial charge in [0.05, 0.1) is 17.1 Å². The Labute approximate surface area is 117 Å². The number of anilines is 2. The van der Waals surface area contributed by atoms with E-state index in [0.717, 1.165) is 13.0 Å². The Morgan fingerprint density at radius 1 is 1.35 bits per heavy atom. The number of rotatable bonds is 4. The number of hydrogen-bond donors (Lipinski definition) is 2. The average molecular weight is 277 g/mol. The van der Waals surface area contributed by atoms with Crippen LogP contribution in [-0.4, -0.2) is 47.0 Å². The minimum atomic E-state index is -0.385. The van der Waals surface area contributed by atoms with Crippen molar-refractivity contribution in [2.75, 3.05) is 30.8 Å². The van der Waals surface area contributed by atoms with Crippen molar-refractivity contribution >= 4 is 17.3 Å². The molecule has 3 rings (SSSR count). The largest absolute Gasteiger partial charge is 0.373 e. The Bertz CT molecular complexity index is 521. The van der Waals surface area contributed by atoms with Gasteiger partial charge in [-0.15, -0.1) is 0 Å². The van der Waals surface area contributed by atoms with Crippen molar-refractivity contribution in [3.63, 3.8) is 0 Å². The zero-order valence-electron chi connectivity index (χ0n) is 11.5. The third-order valence-electron chi connectivity index (χ3n) is 4.22. The van der Waals surface area contributed by atoms with Crippen LogP contribution in [0.1, 0.15) is 19.3 Å². The SMILES string of the molecule is CNc1cc([N+](=O)[O-])cc(NC2CCN3CCCC23)n1. The van der Waals surface area contributed by atoms with Gasteiger partial charge in [0.2, 0.25) is 0 Å². The molecule has 2 atom stereocenters. The molecule has 3 heterocycles. The maximum atomic E-state index is 11.0. The average Bonchev–Trinajstić information content (AvgIpc) is 3.03. The minimum Gasteiger partial charge on any atom is -0.373 e. The molecule has 2 aliphatic heterocycles. The first kappa shape index (κ1) is 13.1. The molecule has 2 unspecified atom stereocenters. The van der Waals surface area contributed by atoms with E-state index < -0.39 is 0 Å². The second-order valence-corrected chi connectivity index (χ2v) is 5.39. The maximum Gasteiger partial charge on any atom is 0.276 e. The van der Waals surface area contributed by atoms with Gasteiger partial charge in [-0.2, -0.15) is 0 Å². The second-order valence-electron chi connectivity index (χ2n) is 5.39. The van der Waals surface area contributed by atoms with Crippen LogP contribution in [0.2, 0.25) is 0 Å². The summed E-state index contributed by atoms with van der Waals surface area (Å²) in [6.07, 6.45) is 3.52. The summed E-state index contributed by atoms with van der Waals surface area (Å²) in [4.78, 5) is 17.4. The standard InChI is InChI=1S/C13H19N5O2/c1-14-12-7-9(18(19)20)8-13(16-12)15-10-4-6-17-5-2-3-11(10)17/h7-8,10-11H,2-6H2,1H3,(H2,14,15,16). The van der Waals surface area contributed by atoms with Crippen molar-refractivity contribution in [2.45, 2.75) is 31.3 Å². The fourth-order valence-electron chi connectivity index (χ4n) is 3.26. The van der Waals surface area contributed by atoms with Gasteiger partial charge in [-0.25, -0.2) is 4.98 Å². The highest BCUT2D eigenvalue weighted by molar-refractivity contribution is 5.55. The van der Waals surface area contributed by atoms with Crippen molar-refractivity contribution in [3.8, 4) is 0 Å². The third kappa shape index (κ3) is 2.40. The van der Waals surface area contributed by atoms with Crippen molar-refractivity contribution in [1.82, 2.24) is 9.88 Å². The van der Waals surface area contributed by atoms with Gasteiger partial charge in [0.25, 0.3) is 5.69 Å². The normalized spacial score (nSPS) is 25.4. The molecule has 2 fully saturated rings. The molecule has 0 bridgehead atoms. The highest BCUT2D eigenvalue weighted by Crippen LogP contribution is 2.30. The molecule has 7 nitrogen and oxygen atoms in total. The van der Waals surface area contributed by atoms with Crippen LogP contribution in [0.3, 0.4) is 0 Å². The zero-order chi connectivity index (χ0) is 14.1. The van der Waals surface area contributed by atoms with Crippen LogP contribution < -0.4 is 10.6 Å². The van der Waals surface area contributed by atoms with Gasteiger partial charge < -0.3 is 10.6 Å². The number of aromatic nitrogens is 1. The predicted molar refractivity (Wildman–Crippen MR) is 77.1 cm³/mol. The van der Waals surface area contributed by atoms with Crippen LogP contribution >= 0.6 is 0 Å².